The molecule has 1 N–H and O–H groups in total. The molecule has 0 bridgehead atoms. The van der Waals surface area contributed by atoms with Crippen molar-refractivity contribution in [2.75, 3.05) is 32.7 Å². The molecule has 3 aliphatic heterocycles. The minimum atomic E-state index is -0.545. The van der Waals surface area contributed by atoms with Gasteiger partial charge in [0.05, 0.1) is 17.1 Å². The van der Waals surface area contributed by atoms with Gasteiger partial charge < -0.3 is 14.5 Å². The third-order valence-electron chi connectivity index (χ3n) is 8.38. The average Bonchev–Trinajstić information content (AvgIpc) is 3.18. The molecule has 212 valence electrons. The molecule has 3 amide bonds. The molecule has 9 nitrogen and oxygen atoms in total. The fourth-order valence-corrected chi connectivity index (χ4v) is 6.26. The van der Waals surface area contributed by atoms with E-state index in [1.54, 1.807) is 4.68 Å². The molecule has 5 rings (SSSR count). The van der Waals surface area contributed by atoms with Gasteiger partial charge in [0.1, 0.15) is 11.4 Å². The summed E-state index contributed by atoms with van der Waals surface area (Å²) in [4.78, 5) is 40.6. The Kier molecular flexibility index (Phi) is 7.68. The summed E-state index contributed by atoms with van der Waals surface area (Å²) in [5.74, 6) is -0.754. The molecular formula is C29H40FN5O4. The fourth-order valence-electron chi connectivity index (χ4n) is 6.26. The standard InChI is InChI=1S/C29H40FN5O4/c1-29(2,3)39-28(38)35-13-7-18(8-14-35)17-34-11-9-19(10-12-34)21-16-24-22(15-23(21)30)26(32-33(24)4)20-5-6-25(36)31-27(20)37/h15-16,18-20H,5-14,17H2,1-4H3,(H,31,36,37). The number of nitrogens with zero attached hydrogens (tertiary/aromatic N) is 4. The lowest BCUT2D eigenvalue weighted by Gasteiger charge is -2.38. The number of hydrogen-bond acceptors (Lipinski definition) is 6. The lowest BCUT2D eigenvalue weighted by Crippen LogP contribution is -2.44. The van der Waals surface area contributed by atoms with Crippen molar-refractivity contribution in [1.82, 2.24) is 24.9 Å². The van der Waals surface area contributed by atoms with Crippen LogP contribution >= 0.6 is 0 Å². The lowest BCUT2D eigenvalue weighted by atomic mass is 9.86. The maximum absolute atomic E-state index is 15.4. The van der Waals surface area contributed by atoms with E-state index in [9.17, 15) is 14.4 Å². The van der Waals surface area contributed by atoms with Crippen LogP contribution in [0.1, 0.15) is 82.4 Å². The molecule has 4 heterocycles. The van der Waals surface area contributed by atoms with Gasteiger partial charge in [0.25, 0.3) is 0 Å². The van der Waals surface area contributed by atoms with Crippen molar-refractivity contribution in [2.45, 2.75) is 76.7 Å². The minimum absolute atomic E-state index is 0.133. The molecule has 0 aliphatic carbocycles. The number of hydrogen-bond donors (Lipinski definition) is 1. The summed E-state index contributed by atoms with van der Waals surface area (Å²) in [5, 5.41) is 7.59. The number of rotatable bonds is 4. The maximum Gasteiger partial charge on any atom is 0.410 e. The van der Waals surface area contributed by atoms with E-state index in [4.69, 9.17) is 4.74 Å². The summed E-state index contributed by atoms with van der Waals surface area (Å²) in [7, 11) is 1.82. The lowest BCUT2D eigenvalue weighted by molar-refractivity contribution is -0.134. The summed E-state index contributed by atoms with van der Waals surface area (Å²) in [6.07, 6.45) is 4.14. The number of aryl methyl sites for hydroxylation is 1. The molecule has 1 aromatic heterocycles. The summed E-state index contributed by atoms with van der Waals surface area (Å²) in [6.45, 7) is 9.97. The Hall–Kier alpha value is -3.01. The molecule has 3 fully saturated rings. The number of benzene rings is 1. The van der Waals surface area contributed by atoms with Crippen molar-refractivity contribution in [3.8, 4) is 0 Å². The van der Waals surface area contributed by atoms with Crippen LogP contribution in [0.25, 0.3) is 10.9 Å². The first-order valence-electron chi connectivity index (χ1n) is 14.2. The van der Waals surface area contributed by atoms with Gasteiger partial charge in [-0.3, -0.25) is 19.6 Å². The van der Waals surface area contributed by atoms with Gasteiger partial charge in [-0.1, -0.05) is 0 Å². The Labute approximate surface area is 229 Å². The highest BCUT2D eigenvalue weighted by Crippen LogP contribution is 2.36. The first-order chi connectivity index (χ1) is 18.5. The predicted octanol–water partition coefficient (Wildman–Crippen LogP) is 4.06. The van der Waals surface area contributed by atoms with Crippen LogP contribution in [0.15, 0.2) is 12.1 Å². The molecule has 3 saturated heterocycles. The second-order valence-electron chi connectivity index (χ2n) is 12.4. The number of piperidine rings is 3. The Balaban J connectivity index is 1.18. The number of likely N-dealkylation sites (tertiary alicyclic amines) is 2. The highest BCUT2D eigenvalue weighted by atomic mass is 19.1. The highest BCUT2D eigenvalue weighted by molar-refractivity contribution is 6.02. The number of aromatic nitrogens is 2. The molecule has 39 heavy (non-hydrogen) atoms. The van der Waals surface area contributed by atoms with Crippen LogP contribution in [0.5, 0.6) is 0 Å². The van der Waals surface area contributed by atoms with E-state index in [0.29, 0.717) is 29.0 Å². The van der Waals surface area contributed by atoms with Gasteiger partial charge >= 0.3 is 6.09 Å². The third kappa shape index (κ3) is 6.10. The SMILES string of the molecule is Cn1nc(C2CCC(=O)NC2=O)c2cc(F)c(C3CCN(CC4CCN(C(=O)OC(C)(C)C)CC4)CC3)cc21. The average molecular weight is 542 g/mol. The van der Waals surface area contributed by atoms with Gasteiger partial charge in [0.15, 0.2) is 0 Å². The molecule has 0 spiro atoms. The van der Waals surface area contributed by atoms with Crippen molar-refractivity contribution in [3.63, 3.8) is 0 Å². The zero-order valence-corrected chi connectivity index (χ0v) is 23.5. The molecule has 1 unspecified atom stereocenters. The van der Waals surface area contributed by atoms with Gasteiger partial charge in [-0.2, -0.15) is 5.10 Å². The van der Waals surface area contributed by atoms with Gasteiger partial charge in [-0.25, -0.2) is 9.18 Å². The van der Waals surface area contributed by atoms with Crippen LogP contribution in [0.4, 0.5) is 9.18 Å². The Morgan fingerprint density at radius 2 is 1.77 bits per heavy atom. The summed E-state index contributed by atoms with van der Waals surface area (Å²) < 4.78 is 22.7. The number of carbonyl (C=O) groups excluding carboxylic acids is 3. The number of fused-ring (bicyclic) bond motifs is 1. The number of halogens is 1. The van der Waals surface area contributed by atoms with Crippen LogP contribution < -0.4 is 5.32 Å². The second kappa shape index (κ2) is 10.9. The normalized spacial score (nSPS) is 22.4. The van der Waals surface area contributed by atoms with Crippen molar-refractivity contribution >= 4 is 28.8 Å². The van der Waals surface area contributed by atoms with Gasteiger partial charge in [-0.05, 0) is 95.5 Å². The number of imide groups is 1. The summed E-state index contributed by atoms with van der Waals surface area (Å²) in [6, 6.07) is 3.43. The molecule has 10 heteroatoms. The zero-order chi connectivity index (χ0) is 27.9. The summed E-state index contributed by atoms with van der Waals surface area (Å²) in [5.41, 5.74) is 1.58. The largest absolute Gasteiger partial charge is 0.444 e. The first kappa shape index (κ1) is 27.6. The zero-order valence-electron chi connectivity index (χ0n) is 23.5. The number of amides is 3. The second-order valence-corrected chi connectivity index (χ2v) is 12.4. The molecule has 2 aromatic rings. The Bertz CT molecular complexity index is 1250. The topological polar surface area (TPSA) is 96.8 Å². The van der Waals surface area contributed by atoms with Crippen LogP contribution in [0.3, 0.4) is 0 Å². The van der Waals surface area contributed by atoms with Crippen molar-refractivity contribution < 1.29 is 23.5 Å². The smallest absolute Gasteiger partial charge is 0.410 e. The van der Waals surface area contributed by atoms with E-state index >= 15 is 4.39 Å². The molecular weight excluding hydrogens is 501 g/mol. The monoisotopic (exact) mass is 541 g/mol. The molecule has 3 aliphatic rings. The van der Waals surface area contributed by atoms with Crippen molar-refractivity contribution in [3.05, 3.63) is 29.2 Å². The predicted molar refractivity (Wildman–Crippen MR) is 145 cm³/mol. The van der Waals surface area contributed by atoms with E-state index in [2.05, 4.69) is 15.3 Å². The Morgan fingerprint density at radius 3 is 2.41 bits per heavy atom. The van der Waals surface area contributed by atoms with E-state index < -0.39 is 11.5 Å². The van der Waals surface area contributed by atoms with Crippen LogP contribution in [0.2, 0.25) is 0 Å². The maximum atomic E-state index is 15.4. The van der Waals surface area contributed by atoms with Crippen LogP contribution in [-0.4, -0.2) is 75.8 Å². The summed E-state index contributed by atoms with van der Waals surface area (Å²) >= 11 is 0. The molecule has 0 radical (unpaired) electrons. The number of carbonyl (C=O) groups is 3. The van der Waals surface area contributed by atoms with Crippen LogP contribution in [-0.2, 0) is 21.4 Å². The van der Waals surface area contributed by atoms with E-state index in [1.807, 2.05) is 38.8 Å². The Morgan fingerprint density at radius 1 is 1.08 bits per heavy atom. The van der Waals surface area contributed by atoms with E-state index in [-0.39, 0.29) is 36.1 Å². The van der Waals surface area contributed by atoms with Crippen LogP contribution in [0, 0.1) is 11.7 Å². The number of ether oxygens (including phenoxy) is 1. The van der Waals surface area contributed by atoms with Gasteiger partial charge in [0, 0.05) is 38.5 Å². The quantitative estimate of drug-likeness (QED) is 0.587. The third-order valence-corrected chi connectivity index (χ3v) is 8.38. The van der Waals surface area contributed by atoms with E-state index in [1.165, 1.54) is 6.07 Å². The fraction of sp³-hybridized carbons (Fsp3) is 0.655. The van der Waals surface area contributed by atoms with Gasteiger partial charge in [-0.15, -0.1) is 0 Å². The van der Waals surface area contributed by atoms with E-state index in [0.717, 1.165) is 63.9 Å². The minimum Gasteiger partial charge on any atom is -0.444 e. The van der Waals surface area contributed by atoms with Crippen molar-refractivity contribution in [1.29, 1.82) is 0 Å². The molecule has 1 atom stereocenters. The number of nitrogens with one attached hydrogen (secondary N) is 1. The highest BCUT2D eigenvalue weighted by Gasteiger charge is 2.33. The first-order valence-corrected chi connectivity index (χ1v) is 14.2. The van der Waals surface area contributed by atoms with Gasteiger partial charge in [0.2, 0.25) is 11.8 Å². The molecule has 1 aromatic carbocycles. The van der Waals surface area contributed by atoms with Crippen molar-refractivity contribution in [2.24, 2.45) is 13.0 Å². The molecule has 0 saturated carbocycles.